The van der Waals surface area contributed by atoms with Gasteiger partial charge in [0.2, 0.25) is 10.0 Å². The van der Waals surface area contributed by atoms with Crippen molar-refractivity contribution in [2.24, 2.45) is 0 Å². The summed E-state index contributed by atoms with van der Waals surface area (Å²) in [4.78, 5) is 13.0. The van der Waals surface area contributed by atoms with Crippen molar-refractivity contribution >= 4 is 15.9 Å². The molecule has 0 bridgehead atoms. The summed E-state index contributed by atoms with van der Waals surface area (Å²) in [7, 11) is -3.88. The van der Waals surface area contributed by atoms with E-state index in [1.807, 2.05) is 54.6 Å². The second-order valence-corrected chi connectivity index (χ2v) is 12.3. The maximum absolute atomic E-state index is 13.0. The van der Waals surface area contributed by atoms with Crippen LogP contribution in [0.25, 0.3) is 11.1 Å². The van der Waals surface area contributed by atoms with Crippen molar-refractivity contribution < 1.29 is 32.9 Å². The molecule has 0 heterocycles. The van der Waals surface area contributed by atoms with Gasteiger partial charge in [0.05, 0.1) is 23.5 Å². The standard InChI is InChI=1S/C32H40N2O7S/c35-19-7-21-42(38,39)34-32(37)29-17-14-26(22-31(29)41-28-10-5-2-6-11-28)24-12-15-27(16-13-24)40-20-18-33-23-30(36)25-8-3-1-4-9-25/h1,3-4,8-9,12-17,22,28,30,33,35-36H,2,5-7,10-11,18-21,23H2,(H,34,37)/t30-/m1/s1. The number of carbonyl (C=O) groups excluding carboxylic acids is 1. The molecule has 1 aliphatic rings. The van der Waals surface area contributed by atoms with Crippen LogP contribution in [0.4, 0.5) is 0 Å². The molecule has 3 aromatic rings. The lowest BCUT2D eigenvalue weighted by molar-refractivity contribution is 0.0969. The quantitative estimate of drug-likeness (QED) is 0.192. The van der Waals surface area contributed by atoms with Crippen LogP contribution in [0.5, 0.6) is 11.5 Å². The molecule has 4 N–H and O–H groups in total. The van der Waals surface area contributed by atoms with Gasteiger partial charge in [-0.25, -0.2) is 13.1 Å². The summed E-state index contributed by atoms with van der Waals surface area (Å²) in [5.41, 5.74) is 2.73. The summed E-state index contributed by atoms with van der Waals surface area (Å²) < 4.78 is 38.8. The van der Waals surface area contributed by atoms with Crippen molar-refractivity contribution in [1.29, 1.82) is 0 Å². The minimum atomic E-state index is -3.88. The lowest BCUT2D eigenvalue weighted by Crippen LogP contribution is -2.33. The topological polar surface area (TPSA) is 134 Å². The summed E-state index contributed by atoms with van der Waals surface area (Å²) in [6.07, 6.45) is 4.43. The highest BCUT2D eigenvalue weighted by molar-refractivity contribution is 7.90. The molecule has 10 heteroatoms. The SMILES string of the molecule is O=C(NS(=O)(=O)CCCO)c1ccc(-c2ccc(OCCNC[C@@H](O)c3ccccc3)cc2)cc1OC1CCCCC1. The molecule has 9 nitrogen and oxygen atoms in total. The third-order valence-electron chi connectivity index (χ3n) is 7.15. The molecule has 3 aromatic carbocycles. The average Bonchev–Trinajstić information content (AvgIpc) is 3.01. The van der Waals surface area contributed by atoms with Gasteiger partial charge in [-0.1, -0.05) is 55.0 Å². The van der Waals surface area contributed by atoms with Gasteiger partial charge in [0.15, 0.2) is 0 Å². The van der Waals surface area contributed by atoms with E-state index in [2.05, 4.69) is 10.0 Å². The zero-order valence-electron chi connectivity index (χ0n) is 23.7. The molecule has 1 saturated carbocycles. The number of amides is 1. The van der Waals surface area contributed by atoms with E-state index in [0.717, 1.165) is 48.8 Å². The van der Waals surface area contributed by atoms with E-state index in [1.54, 1.807) is 18.2 Å². The minimum Gasteiger partial charge on any atom is -0.492 e. The number of benzene rings is 3. The fourth-order valence-electron chi connectivity index (χ4n) is 4.87. The van der Waals surface area contributed by atoms with Crippen molar-refractivity contribution in [3.05, 3.63) is 83.9 Å². The van der Waals surface area contributed by atoms with Crippen LogP contribution in [0, 0.1) is 0 Å². The molecule has 0 saturated heterocycles. The first-order valence-electron chi connectivity index (χ1n) is 14.5. The Morgan fingerprint density at radius 2 is 1.67 bits per heavy atom. The fraction of sp³-hybridized carbons (Fsp3) is 0.406. The van der Waals surface area contributed by atoms with E-state index < -0.39 is 22.0 Å². The van der Waals surface area contributed by atoms with Gasteiger partial charge in [-0.15, -0.1) is 0 Å². The normalized spacial score (nSPS) is 14.7. The second kappa shape index (κ2) is 15.7. The lowest BCUT2D eigenvalue weighted by Gasteiger charge is -2.24. The first-order chi connectivity index (χ1) is 20.3. The molecule has 42 heavy (non-hydrogen) atoms. The van der Waals surface area contributed by atoms with Crippen molar-refractivity contribution in [2.45, 2.75) is 50.7 Å². The molecular formula is C32H40N2O7S. The number of aliphatic hydroxyl groups excluding tert-OH is 2. The Labute approximate surface area is 247 Å². The summed E-state index contributed by atoms with van der Waals surface area (Å²) in [6.45, 7) is 1.16. The highest BCUT2D eigenvalue weighted by Gasteiger charge is 2.23. The zero-order valence-corrected chi connectivity index (χ0v) is 24.5. The monoisotopic (exact) mass is 596 g/mol. The number of hydrogen-bond acceptors (Lipinski definition) is 8. The van der Waals surface area contributed by atoms with Crippen LogP contribution in [0.1, 0.15) is 60.6 Å². The number of carbonyl (C=O) groups is 1. The van der Waals surface area contributed by atoms with E-state index in [1.165, 1.54) is 0 Å². The summed E-state index contributed by atoms with van der Waals surface area (Å²) in [5, 5.41) is 22.4. The Balaban J connectivity index is 1.38. The molecule has 1 amide bonds. The smallest absolute Gasteiger partial charge is 0.268 e. The van der Waals surface area contributed by atoms with Crippen molar-refractivity contribution in [3.63, 3.8) is 0 Å². The maximum atomic E-state index is 13.0. The number of sulfonamides is 1. The van der Waals surface area contributed by atoms with Crippen LogP contribution in [0.3, 0.4) is 0 Å². The van der Waals surface area contributed by atoms with E-state index in [0.29, 0.717) is 31.2 Å². The van der Waals surface area contributed by atoms with Crippen molar-refractivity contribution in [2.75, 3.05) is 32.1 Å². The molecule has 0 aliphatic heterocycles. The molecule has 0 spiro atoms. The molecule has 4 rings (SSSR count). The van der Waals surface area contributed by atoms with Gasteiger partial charge in [0.1, 0.15) is 18.1 Å². The molecule has 1 atom stereocenters. The van der Waals surface area contributed by atoms with Crippen LogP contribution in [-0.2, 0) is 10.0 Å². The fourth-order valence-corrected chi connectivity index (χ4v) is 5.87. The highest BCUT2D eigenvalue weighted by atomic mass is 32.2. The number of nitrogens with one attached hydrogen (secondary N) is 2. The molecule has 0 aromatic heterocycles. The number of ether oxygens (including phenoxy) is 2. The average molecular weight is 597 g/mol. The number of hydrogen-bond donors (Lipinski definition) is 4. The van der Waals surface area contributed by atoms with E-state index >= 15 is 0 Å². The molecule has 0 unspecified atom stereocenters. The second-order valence-electron chi connectivity index (χ2n) is 10.4. The molecule has 1 aliphatic carbocycles. The van der Waals surface area contributed by atoms with Gasteiger partial charge in [0, 0.05) is 19.7 Å². The van der Waals surface area contributed by atoms with Crippen LogP contribution >= 0.6 is 0 Å². The van der Waals surface area contributed by atoms with Crippen LogP contribution < -0.4 is 19.5 Å². The number of aliphatic hydroxyl groups is 2. The van der Waals surface area contributed by atoms with Gasteiger partial charge in [-0.05, 0) is 73.1 Å². The summed E-state index contributed by atoms with van der Waals surface area (Å²) >= 11 is 0. The third kappa shape index (κ3) is 9.55. The largest absolute Gasteiger partial charge is 0.492 e. The first-order valence-corrected chi connectivity index (χ1v) is 16.1. The third-order valence-corrected chi connectivity index (χ3v) is 8.47. The van der Waals surface area contributed by atoms with Gasteiger partial charge in [-0.3, -0.25) is 4.79 Å². The Morgan fingerprint density at radius 1 is 0.952 bits per heavy atom. The predicted octanol–water partition coefficient (Wildman–Crippen LogP) is 4.21. The zero-order chi connectivity index (χ0) is 29.8. The van der Waals surface area contributed by atoms with E-state index in [9.17, 15) is 18.3 Å². The van der Waals surface area contributed by atoms with Gasteiger partial charge in [0.25, 0.3) is 5.91 Å². The Morgan fingerprint density at radius 3 is 2.38 bits per heavy atom. The van der Waals surface area contributed by atoms with Gasteiger partial charge >= 0.3 is 0 Å². The van der Waals surface area contributed by atoms with E-state index in [-0.39, 0.29) is 30.4 Å². The van der Waals surface area contributed by atoms with Crippen LogP contribution in [-0.4, -0.2) is 62.7 Å². The van der Waals surface area contributed by atoms with Crippen molar-refractivity contribution in [3.8, 4) is 22.6 Å². The van der Waals surface area contributed by atoms with Gasteiger partial charge < -0.3 is 25.0 Å². The van der Waals surface area contributed by atoms with Crippen LogP contribution in [0.15, 0.2) is 72.8 Å². The summed E-state index contributed by atoms with van der Waals surface area (Å²) in [6, 6.07) is 22.2. The highest BCUT2D eigenvalue weighted by Crippen LogP contribution is 2.32. The predicted molar refractivity (Wildman–Crippen MR) is 162 cm³/mol. The van der Waals surface area contributed by atoms with Crippen molar-refractivity contribution in [1.82, 2.24) is 10.0 Å². The Bertz CT molecular complexity index is 1380. The maximum Gasteiger partial charge on any atom is 0.268 e. The van der Waals surface area contributed by atoms with Crippen LogP contribution in [0.2, 0.25) is 0 Å². The Hall–Kier alpha value is -3.44. The molecule has 1 fully saturated rings. The minimum absolute atomic E-state index is 0.0373. The first kappa shape index (κ1) is 31.5. The Kier molecular flexibility index (Phi) is 11.8. The summed E-state index contributed by atoms with van der Waals surface area (Å²) in [5.74, 6) is -0.0454. The lowest BCUT2D eigenvalue weighted by atomic mass is 9.97. The molecule has 226 valence electrons. The van der Waals surface area contributed by atoms with Gasteiger partial charge in [-0.2, -0.15) is 0 Å². The molecular weight excluding hydrogens is 556 g/mol. The van der Waals surface area contributed by atoms with E-state index in [4.69, 9.17) is 14.6 Å². The number of rotatable bonds is 15. The molecule has 0 radical (unpaired) electrons.